The van der Waals surface area contributed by atoms with Gasteiger partial charge in [0, 0.05) is 0 Å². The van der Waals surface area contributed by atoms with Crippen LogP contribution in [-0.4, -0.2) is 30.7 Å². The molecule has 0 aromatic carbocycles. The Morgan fingerprint density at radius 3 is 0.383 bits per heavy atom. The molecule has 0 aliphatic heterocycles. The van der Waals surface area contributed by atoms with E-state index in [2.05, 4.69) is 27.7 Å². The van der Waals surface area contributed by atoms with Crippen molar-refractivity contribution in [3.63, 3.8) is 0 Å². The van der Waals surface area contributed by atoms with E-state index in [1.165, 1.54) is 358 Å². The lowest BCUT2D eigenvalue weighted by Gasteiger charge is -2.38. The van der Waals surface area contributed by atoms with Crippen LogP contribution in [0.2, 0.25) is 0 Å². The summed E-state index contributed by atoms with van der Waals surface area (Å²) in [5.41, 5.74) is 0. The fourth-order valence-corrected chi connectivity index (χ4v) is 10.3. The third-order valence-corrected chi connectivity index (χ3v) is 14.9. The number of rotatable bonds is 55. The van der Waals surface area contributed by atoms with Gasteiger partial charge in [-0.05, 0) is 45.4 Å². The molecule has 0 heterocycles. The Labute approximate surface area is 384 Å². The normalized spacial score (nSPS) is 12.0. The van der Waals surface area contributed by atoms with Gasteiger partial charge in [-0.2, -0.15) is 0 Å². The second kappa shape index (κ2) is 53.3. The van der Waals surface area contributed by atoms with Gasteiger partial charge in [-0.15, -0.1) is 0 Å². The summed E-state index contributed by atoms with van der Waals surface area (Å²) in [6, 6.07) is 0. The van der Waals surface area contributed by atoms with E-state index in [0.717, 1.165) is 0 Å². The minimum Gasteiger partial charge on any atom is -0.324 e. The molecule has 0 N–H and O–H groups in total. The molecule has 0 bridgehead atoms. The summed E-state index contributed by atoms with van der Waals surface area (Å²) < 4.78 is 1.44. The Kier molecular flexibility index (Phi) is 53.3. The number of hydrogen-bond donors (Lipinski definition) is 0. The third-order valence-electron chi connectivity index (χ3n) is 14.9. The van der Waals surface area contributed by atoms with E-state index in [1.807, 2.05) is 0 Å². The Hall–Kier alpha value is -0.0400. The zero-order chi connectivity index (χ0) is 43.4. The van der Waals surface area contributed by atoms with Crippen LogP contribution in [0, 0.1) is 0 Å². The van der Waals surface area contributed by atoms with Crippen LogP contribution in [0.4, 0.5) is 0 Å². The second-order valence-corrected chi connectivity index (χ2v) is 20.8. The molecule has 0 saturated heterocycles. The lowest BCUT2D eigenvalue weighted by molar-refractivity contribution is -0.927. The van der Waals surface area contributed by atoms with Gasteiger partial charge in [0.05, 0.1) is 26.2 Å². The van der Waals surface area contributed by atoms with Crippen LogP contribution in [-0.2, 0) is 0 Å². The summed E-state index contributed by atoms with van der Waals surface area (Å²) >= 11 is 0. The summed E-state index contributed by atoms with van der Waals surface area (Å²) in [4.78, 5) is 0. The lowest BCUT2D eigenvalue weighted by Crippen LogP contribution is -2.50. The van der Waals surface area contributed by atoms with E-state index in [4.69, 9.17) is 0 Å². The predicted molar refractivity (Wildman–Crippen MR) is 278 cm³/mol. The first-order valence-corrected chi connectivity index (χ1v) is 29.6. The lowest BCUT2D eigenvalue weighted by atomic mass is 10.0. The van der Waals surface area contributed by atoms with Crippen LogP contribution in [0.3, 0.4) is 0 Å². The first-order valence-electron chi connectivity index (χ1n) is 29.6. The largest absolute Gasteiger partial charge is 0.324 e. The Balaban J connectivity index is 4.19. The van der Waals surface area contributed by atoms with Gasteiger partial charge in [-0.25, -0.2) is 0 Å². The van der Waals surface area contributed by atoms with E-state index in [0.29, 0.717) is 0 Å². The zero-order valence-electron chi connectivity index (χ0n) is 43.3. The highest BCUT2D eigenvalue weighted by Gasteiger charge is 2.24. The average molecular weight is 846 g/mol. The molecule has 0 saturated carbocycles. The van der Waals surface area contributed by atoms with Crippen molar-refractivity contribution in [3.05, 3.63) is 0 Å². The molecule has 0 aliphatic carbocycles. The quantitative estimate of drug-likeness (QED) is 0.0423. The Bertz CT molecular complexity index is 636. The standard InChI is InChI=1S/C59H122N/c1-5-9-12-15-18-21-24-27-30-33-36-39-42-45-48-51-54-57-60(8-4,58-55-52-49-46-43-40-37-34-31-28-25-22-19-16-13-10-6-2)59-56-53-50-47-44-41-38-35-32-29-26-23-20-17-14-11-7-3/h5-59H2,1-4H3/q+1. The first-order chi connectivity index (χ1) is 29.7. The minimum absolute atomic E-state index is 1.37. The van der Waals surface area contributed by atoms with Gasteiger partial charge in [0.1, 0.15) is 0 Å². The number of nitrogens with zero attached hydrogens (tertiary/aromatic N) is 1. The molecule has 0 aromatic heterocycles. The summed E-state index contributed by atoms with van der Waals surface area (Å²) in [6.45, 7) is 15.3. The topological polar surface area (TPSA) is 0 Å². The molecule has 0 spiro atoms. The van der Waals surface area contributed by atoms with Crippen molar-refractivity contribution in [2.45, 2.75) is 355 Å². The van der Waals surface area contributed by atoms with Crippen LogP contribution in [0.25, 0.3) is 0 Å². The molecule has 1 nitrogen and oxygen atoms in total. The molecule has 0 rings (SSSR count). The maximum absolute atomic E-state index is 2.54. The predicted octanol–water partition coefficient (Wildman–Crippen LogP) is 21.8. The molecule has 0 atom stereocenters. The van der Waals surface area contributed by atoms with Crippen LogP contribution >= 0.6 is 0 Å². The van der Waals surface area contributed by atoms with Crippen LogP contribution in [0.1, 0.15) is 355 Å². The fourth-order valence-electron chi connectivity index (χ4n) is 10.3. The highest BCUT2D eigenvalue weighted by molar-refractivity contribution is 4.56. The molecule has 60 heavy (non-hydrogen) atoms. The van der Waals surface area contributed by atoms with Crippen molar-refractivity contribution in [1.29, 1.82) is 0 Å². The molecule has 0 radical (unpaired) electrons. The van der Waals surface area contributed by atoms with Gasteiger partial charge in [-0.3, -0.25) is 0 Å². The van der Waals surface area contributed by atoms with Crippen molar-refractivity contribution in [3.8, 4) is 0 Å². The highest BCUT2D eigenvalue weighted by atomic mass is 15.3. The van der Waals surface area contributed by atoms with E-state index < -0.39 is 0 Å². The maximum atomic E-state index is 2.54. The monoisotopic (exact) mass is 845 g/mol. The van der Waals surface area contributed by atoms with E-state index >= 15 is 0 Å². The molecule has 0 unspecified atom stereocenters. The second-order valence-electron chi connectivity index (χ2n) is 20.8. The van der Waals surface area contributed by atoms with Crippen molar-refractivity contribution < 1.29 is 4.48 Å². The third kappa shape index (κ3) is 47.4. The fraction of sp³-hybridized carbons (Fsp3) is 1.00. The van der Waals surface area contributed by atoms with Crippen LogP contribution in [0.15, 0.2) is 0 Å². The molecular weight excluding hydrogens is 723 g/mol. The van der Waals surface area contributed by atoms with Crippen molar-refractivity contribution in [2.24, 2.45) is 0 Å². The smallest absolute Gasteiger partial charge is 0.0786 e. The number of unbranched alkanes of at least 4 members (excludes halogenated alkanes) is 48. The molecule has 1 heteroatoms. The molecule has 0 fully saturated rings. The Morgan fingerprint density at radius 1 is 0.150 bits per heavy atom. The van der Waals surface area contributed by atoms with Gasteiger partial charge in [0.15, 0.2) is 0 Å². The molecular formula is C59H122N+. The van der Waals surface area contributed by atoms with E-state index in [9.17, 15) is 0 Å². The van der Waals surface area contributed by atoms with Gasteiger partial charge in [0.25, 0.3) is 0 Å². The van der Waals surface area contributed by atoms with E-state index in [-0.39, 0.29) is 0 Å². The molecule has 362 valence electrons. The van der Waals surface area contributed by atoms with Gasteiger partial charge < -0.3 is 4.48 Å². The SMILES string of the molecule is CCCCCCCCCCCCCCCCCCC[N+](CC)(CCCCCCCCCCCCCCCCCCC)CCCCCCCCCCCCCCCCCCC. The summed E-state index contributed by atoms with van der Waals surface area (Å²) in [5, 5.41) is 0. The van der Waals surface area contributed by atoms with Crippen LogP contribution in [0.5, 0.6) is 0 Å². The molecule has 0 aliphatic rings. The Morgan fingerprint density at radius 2 is 0.267 bits per heavy atom. The van der Waals surface area contributed by atoms with Crippen molar-refractivity contribution >= 4 is 0 Å². The minimum atomic E-state index is 1.37. The summed E-state index contributed by atoms with van der Waals surface area (Å²) in [7, 11) is 0. The zero-order valence-corrected chi connectivity index (χ0v) is 43.3. The van der Waals surface area contributed by atoms with Crippen LogP contribution < -0.4 is 0 Å². The summed E-state index contributed by atoms with van der Waals surface area (Å²) in [5.74, 6) is 0. The average Bonchev–Trinajstić information content (AvgIpc) is 3.26. The van der Waals surface area contributed by atoms with E-state index in [1.54, 1.807) is 0 Å². The van der Waals surface area contributed by atoms with Gasteiger partial charge >= 0.3 is 0 Å². The number of quaternary nitrogens is 1. The first kappa shape index (κ1) is 60.0. The number of hydrogen-bond acceptors (Lipinski definition) is 0. The van der Waals surface area contributed by atoms with Gasteiger partial charge in [0.2, 0.25) is 0 Å². The van der Waals surface area contributed by atoms with Crippen molar-refractivity contribution in [1.82, 2.24) is 0 Å². The molecule has 0 aromatic rings. The summed E-state index contributed by atoms with van der Waals surface area (Å²) in [6.07, 6.45) is 75.3. The van der Waals surface area contributed by atoms with Gasteiger partial charge in [-0.1, -0.05) is 310 Å². The molecule has 0 amide bonds. The maximum Gasteiger partial charge on any atom is 0.0786 e. The highest BCUT2D eigenvalue weighted by Crippen LogP contribution is 2.21. The van der Waals surface area contributed by atoms with Crippen molar-refractivity contribution in [2.75, 3.05) is 26.2 Å².